The summed E-state index contributed by atoms with van der Waals surface area (Å²) in [6.45, 7) is 4.41. The largest absolute Gasteiger partial charge is 0.172 e. The third-order valence-corrected chi connectivity index (χ3v) is 6.45. The molecule has 2 nitrogen and oxygen atoms in total. The summed E-state index contributed by atoms with van der Waals surface area (Å²) in [5.41, 5.74) is 4.54. The van der Waals surface area contributed by atoms with E-state index in [-0.39, 0.29) is 0 Å². The number of thiophene rings is 1. The second-order valence-corrected chi connectivity index (χ2v) is 8.56. The van der Waals surface area contributed by atoms with E-state index in [0.717, 1.165) is 17.5 Å². The molecule has 0 amide bonds. The zero-order valence-electron chi connectivity index (χ0n) is 11.8. The van der Waals surface area contributed by atoms with Crippen LogP contribution in [0.25, 0.3) is 26.4 Å². The van der Waals surface area contributed by atoms with Crippen LogP contribution in [0.15, 0.2) is 30.3 Å². The average Bonchev–Trinajstić information content (AvgIpc) is 3.18. The van der Waals surface area contributed by atoms with E-state index in [2.05, 4.69) is 52.9 Å². The number of hydrogen-bond acceptors (Lipinski definition) is 5. The normalized spacial score (nSPS) is 18.4. The standard InChI is InChI=1S/C16H14N2S3/c1-9-3-7-13(19-9)11-5-6-12(14-8-4-10(2)20-14)16-15(11)17-21-18-16/h3,5-8,10H,4H2,1-2H3/t10-/m0/s1. The SMILES string of the molecule is Cc1ccc(-c2ccc(C3=CC[C@H](C)S3)c3nsnc23)s1. The number of thioether (sulfide) groups is 1. The third kappa shape index (κ3) is 2.33. The Labute approximate surface area is 136 Å². The van der Waals surface area contributed by atoms with Crippen LogP contribution in [0.2, 0.25) is 0 Å². The zero-order chi connectivity index (χ0) is 14.4. The van der Waals surface area contributed by atoms with Gasteiger partial charge in [0.2, 0.25) is 0 Å². The number of fused-ring (bicyclic) bond motifs is 1. The minimum atomic E-state index is 0.668. The maximum Gasteiger partial charge on any atom is 0.114 e. The lowest BCUT2D eigenvalue weighted by Crippen LogP contribution is -1.87. The average molecular weight is 331 g/mol. The van der Waals surface area contributed by atoms with Gasteiger partial charge in [-0.15, -0.1) is 23.1 Å². The molecule has 1 atom stereocenters. The molecule has 21 heavy (non-hydrogen) atoms. The number of benzene rings is 1. The molecule has 0 radical (unpaired) electrons. The Morgan fingerprint density at radius 3 is 2.48 bits per heavy atom. The summed E-state index contributed by atoms with van der Waals surface area (Å²) in [6, 6.07) is 8.76. The summed E-state index contributed by atoms with van der Waals surface area (Å²) in [5.74, 6) is 0. The smallest absolute Gasteiger partial charge is 0.114 e. The van der Waals surface area contributed by atoms with Gasteiger partial charge in [-0.25, -0.2) is 0 Å². The van der Waals surface area contributed by atoms with E-state index in [1.54, 1.807) is 0 Å². The van der Waals surface area contributed by atoms with E-state index in [9.17, 15) is 0 Å². The summed E-state index contributed by atoms with van der Waals surface area (Å²) in [5, 5.41) is 0.668. The highest BCUT2D eigenvalue weighted by Gasteiger charge is 2.20. The van der Waals surface area contributed by atoms with Gasteiger partial charge in [-0.3, -0.25) is 0 Å². The summed E-state index contributed by atoms with van der Waals surface area (Å²) in [4.78, 5) is 3.96. The van der Waals surface area contributed by atoms with Crippen LogP contribution in [0.1, 0.15) is 23.8 Å². The Morgan fingerprint density at radius 1 is 1.05 bits per heavy atom. The van der Waals surface area contributed by atoms with Gasteiger partial charge in [0.15, 0.2) is 0 Å². The van der Waals surface area contributed by atoms with Crippen LogP contribution < -0.4 is 0 Å². The molecule has 3 heterocycles. The molecule has 2 aromatic heterocycles. The van der Waals surface area contributed by atoms with Gasteiger partial charge in [0.05, 0.1) is 11.7 Å². The third-order valence-electron chi connectivity index (χ3n) is 3.65. The van der Waals surface area contributed by atoms with E-state index < -0.39 is 0 Å². The highest BCUT2D eigenvalue weighted by atomic mass is 32.2. The van der Waals surface area contributed by atoms with Crippen molar-refractivity contribution in [1.82, 2.24) is 8.75 Å². The van der Waals surface area contributed by atoms with Gasteiger partial charge in [-0.05, 0) is 25.5 Å². The van der Waals surface area contributed by atoms with Crippen molar-refractivity contribution in [2.45, 2.75) is 25.5 Å². The zero-order valence-corrected chi connectivity index (χ0v) is 14.2. The molecule has 1 aliphatic heterocycles. The second kappa shape index (κ2) is 5.23. The summed E-state index contributed by atoms with van der Waals surface area (Å²) >= 11 is 5.07. The maximum atomic E-state index is 4.56. The molecule has 5 heteroatoms. The Kier molecular flexibility index (Phi) is 3.36. The lowest BCUT2D eigenvalue weighted by Gasteiger charge is -2.07. The molecular weight excluding hydrogens is 316 g/mol. The number of allylic oxidation sites excluding steroid dienone is 1. The lowest BCUT2D eigenvalue weighted by molar-refractivity contribution is 1.00. The highest BCUT2D eigenvalue weighted by molar-refractivity contribution is 8.09. The van der Waals surface area contributed by atoms with Gasteiger partial charge >= 0.3 is 0 Å². The Bertz CT molecular complexity index is 844. The molecule has 3 aromatic rings. The van der Waals surface area contributed by atoms with Crippen LogP contribution in [0.4, 0.5) is 0 Å². The molecule has 4 rings (SSSR count). The summed E-state index contributed by atoms with van der Waals surface area (Å²) in [7, 11) is 0. The Hall–Kier alpha value is -1.17. The molecule has 1 aliphatic rings. The maximum absolute atomic E-state index is 4.56. The van der Waals surface area contributed by atoms with Gasteiger partial charge < -0.3 is 0 Å². The molecule has 0 saturated heterocycles. The van der Waals surface area contributed by atoms with Crippen molar-refractivity contribution >= 4 is 50.8 Å². The minimum Gasteiger partial charge on any atom is -0.172 e. The van der Waals surface area contributed by atoms with Crippen LogP contribution in [0, 0.1) is 6.92 Å². The molecule has 106 valence electrons. The van der Waals surface area contributed by atoms with E-state index >= 15 is 0 Å². The molecule has 0 unspecified atom stereocenters. The minimum absolute atomic E-state index is 0.668. The van der Waals surface area contributed by atoms with Gasteiger partial charge in [-0.1, -0.05) is 25.1 Å². The first-order valence-corrected chi connectivity index (χ1v) is 9.34. The Balaban J connectivity index is 1.88. The topological polar surface area (TPSA) is 25.8 Å². The van der Waals surface area contributed by atoms with Crippen molar-refractivity contribution in [3.05, 3.63) is 40.8 Å². The van der Waals surface area contributed by atoms with Crippen LogP contribution >= 0.6 is 34.8 Å². The first kappa shape index (κ1) is 13.5. The fraction of sp³-hybridized carbons (Fsp3) is 0.250. The van der Waals surface area contributed by atoms with Gasteiger partial charge in [-0.2, -0.15) is 8.75 Å². The van der Waals surface area contributed by atoms with Crippen molar-refractivity contribution in [2.75, 3.05) is 0 Å². The summed E-state index contributed by atoms with van der Waals surface area (Å²) in [6.07, 6.45) is 3.48. The first-order valence-electron chi connectivity index (χ1n) is 6.91. The molecule has 0 fully saturated rings. The van der Waals surface area contributed by atoms with Gasteiger partial charge in [0.25, 0.3) is 0 Å². The monoisotopic (exact) mass is 330 g/mol. The fourth-order valence-electron chi connectivity index (χ4n) is 2.60. The van der Waals surface area contributed by atoms with Crippen molar-refractivity contribution < 1.29 is 0 Å². The van der Waals surface area contributed by atoms with E-state index in [4.69, 9.17) is 0 Å². The van der Waals surface area contributed by atoms with Crippen LogP contribution in [-0.4, -0.2) is 14.0 Å². The van der Waals surface area contributed by atoms with E-state index in [1.165, 1.54) is 37.5 Å². The van der Waals surface area contributed by atoms with Crippen molar-refractivity contribution in [3.63, 3.8) is 0 Å². The molecule has 0 bridgehead atoms. The van der Waals surface area contributed by atoms with Gasteiger partial charge in [0.1, 0.15) is 11.0 Å². The molecular formula is C16H14N2S3. The van der Waals surface area contributed by atoms with E-state index in [1.807, 2.05) is 23.1 Å². The van der Waals surface area contributed by atoms with Crippen LogP contribution in [0.5, 0.6) is 0 Å². The number of aromatic nitrogens is 2. The van der Waals surface area contributed by atoms with Crippen molar-refractivity contribution in [3.8, 4) is 10.4 Å². The molecule has 0 spiro atoms. The quantitative estimate of drug-likeness (QED) is 0.612. The highest BCUT2D eigenvalue weighted by Crippen LogP contribution is 2.43. The van der Waals surface area contributed by atoms with Gasteiger partial charge in [0, 0.05) is 31.0 Å². The predicted molar refractivity (Wildman–Crippen MR) is 95.1 cm³/mol. The number of nitrogens with zero attached hydrogens (tertiary/aromatic N) is 2. The summed E-state index contributed by atoms with van der Waals surface area (Å²) < 4.78 is 9.12. The molecule has 1 aromatic carbocycles. The molecule has 0 saturated carbocycles. The Morgan fingerprint density at radius 2 is 1.81 bits per heavy atom. The lowest BCUT2D eigenvalue weighted by atomic mass is 10.1. The van der Waals surface area contributed by atoms with Crippen molar-refractivity contribution in [2.24, 2.45) is 0 Å². The van der Waals surface area contributed by atoms with Crippen LogP contribution in [-0.2, 0) is 0 Å². The second-order valence-electron chi connectivity index (χ2n) is 5.26. The first-order chi connectivity index (χ1) is 10.2. The number of rotatable bonds is 2. The number of hydrogen-bond donors (Lipinski definition) is 0. The number of aryl methyl sites for hydroxylation is 1. The molecule has 0 aliphatic carbocycles. The molecule has 0 N–H and O–H groups in total. The van der Waals surface area contributed by atoms with E-state index in [0.29, 0.717) is 5.25 Å². The fourth-order valence-corrected chi connectivity index (χ4v) is 5.18. The predicted octanol–water partition coefficient (Wildman–Crippen LogP) is 5.59. The van der Waals surface area contributed by atoms with Crippen molar-refractivity contribution in [1.29, 1.82) is 0 Å². The van der Waals surface area contributed by atoms with Crippen LogP contribution in [0.3, 0.4) is 0 Å².